The van der Waals surface area contributed by atoms with Crippen LogP contribution in [0.15, 0.2) is 36.4 Å². The molecule has 0 saturated heterocycles. The summed E-state index contributed by atoms with van der Waals surface area (Å²) >= 11 is 11.9. The second kappa shape index (κ2) is 5.88. The molecule has 0 bridgehead atoms. The molecule has 0 fully saturated rings. The summed E-state index contributed by atoms with van der Waals surface area (Å²) in [6.45, 7) is 0. The van der Waals surface area contributed by atoms with Crippen LogP contribution in [0.5, 0.6) is 5.75 Å². The summed E-state index contributed by atoms with van der Waals surface area (Å²) in [5.74, 6) is 6.76. The number of nitrogen functional groups attached to an aromatic ring is 1. The highest BCUT2D eigenvalue weighted by Crippen LogP contribution is 2.26. The summed E-state index contributed by atoms with van der Waals surface area (Å²) in [5, 5.41) is 0.921. The van der Waals surface area contributed by atoms with E-state index in [0.717, 1.165) is 11.3 Å². The van der Waals surface area contributed by atoms with Gasteiger partial charge >= 0.3 is 0 Å². The average Bonchev–Trinajstić information content (AvgIpc) is 2.41. The Balaban J connectivity index is 2.33. The van der Waals surface area contributed by atoms with Crippen LogP contribution in [-0.4, -0.2) is 7.11 Å². The van der Waals surface area contributed by atoms with Crippen molar-refractivity contribution in [3.63, 3.8) is 0 Å². The predicted molar refractivity (Wildman–Crippen MR) is 79.8 cm³/mol. The Labute approximate surface area is 122 Å². The van der Waals surface area contributed by atoms with E-state index in [1.54, 1.807) is 19.2 Å². The highest BCUT2D eigenvalue weighted by Gasteiger charge is 2.03. The van der Waals surface area contributed by atoms with Crippen molar-refractivity contribution in [2.24, 2.45) is 0 Å². The highest BCUT2D eigenvalue weighted by atomic mass is 35.5. The zero-order chi connectivity index (χ0) is 13.8. The van der Waals surface area contributed by atoms with Gasteiger partial charge in [0.25, 0.3) is 0 Å². The second-order valence-corrected chi connectivity index (χ2v) is 4.67. The summed E-state index contributed by atoms with van der Waals surface area (Å²) in [7, 11) is 1.62. The van der Waals surface area contributed by atoms with Gasteiger partial charge in [-0.1, -0.05) is 35.0 Å². The van der Waals surface area contributed by atoms with Crippen molar-refractivity contribution in [2.75, 3.05) is 12.8 Å². The maximum absolute atomic E-state index is 5.95. The van der Waals surface area contributed by atoms with Crippen molar-refractivity contribution >= 4 is 28.9 Å². The van der Waals surface area contributed by atoms with Gasteiger partial charge in [0.05, 0.1) is 23.4 Å². The molecule has 4 heteroatoms. The number of hydrogen-bond acceptors (Lipinski definition) is 2. The van der Waals surface area contributed by atoms with E-state index in [0.29, 0.717) is 21.3 Å². The average molecular weight is 292 g/mol. The molecular formula is C15H11Cl2NO. The van der Waals surface area contributed by atoms with Gasteiger partial charge in [0.15, 0.2) is 0 Å². The molecular weight excluding hydrogens is 281 g/mol. The Morgan fingerprint density at radius 1 is 1.05 bits per heavy atom. The maximum Gasteiger partial charge on any atom is 0.118 e. The van der Waals surface area contributed by atoms with Gasteiger partial charge in [-0.2, -0.15) is 0 Å². The van der Waals surface area contributed by atoms with Gasteiger partial charge in [-0.3, -0.25) is 0 Å². The molecule has 2 rings (SSSR count). The van der Waals surface area contributed by atoms with E-state index in [4.69, 9.17) is 33.7 Å². The Morgan fingerprint density at radius 3 is 2.37 bits per heavy atom. The fourth-order valence-electron chi connectivity index (χ4n) is 1.50. The molecule has 0 atom stereocenters. The lowest BCUT2D eigenvalue weighted by atomic mass is 10.1. The van der Waals surface area contributed by atoms with Crippen molar-refractivity contribution < 1.29 is 4.74 Å². The molecule has 0 spiro atoms. The van der Waals surface area contributed by atoms with Crippen LogP contribution in [-0.2, 0) is 0 Å². The number of nitrogens with two attached hydrogens (primary N) is 1. The summed E-state index contributed by atoms with van der Waals surface area (Å²) in [6.07, 6.45) is 0. The van der Waals surface area contributed by atoms with E-state index < -0.39 is 0 Å². The fourth-order valence-corrected chi connectivity index (χ4v) is 2.00. The number of halogens is 2. The minimum atomic E-state index is 0.409. The first kappa shape index (κ1) is 13.6. The first-order chi connectivity index (χ1) is 9.10. The lowest BCUT2D eigenvalue weighted by Crippen LogP contribution is -1.91. The minimum Gasteiger partial charge on any atom is -0.497 e. The third-order valence-electron chi connectivity index (χ3n) is 2.53. The van der Waals surface area contributed by atoms with E-state index in [9.17, 15) is 0 Å². The standard InChI is InChI=1S/C15H11Cl2NO/c1-19-13-6-3-10(4-7-13)2-5-11-8-12(16)9-14(17)15(11)18/h3-4,6-9H,18H2,1H3. The normalized spacial score (nSPS) is 9.63. The smallest absolute Gasteiger partial charge is 0.118 e. The Bertz CT molecular complexity index is 654. The molecule has 2 nitrogen and oxygen atoms in total. The molecule has 2 N–H and O–H groups in total. The quantitative estimate of drug-likeness (QED) is 0.637. The van der Waals surface area contributed by atoms with Gasteiger partial charge in [-0.05, 0) is 36.4 Å². The molecule has 0 saturated carbocycles. The van der Waals surface area contributed by atoms with Gasteiger partial charge in [0.1, 0.15) is 5.75 Å². The molecule has 0 unspecified atom stereocenters. The van der Waals surface area contributed by atoms with E-state index in [1.165, 1.54) is 0 Å². The second-order valence-electron chi connectivity index (χ2n) is 3.83. The van der Waals surface area contributed by atoms with Crippen molar-refractivity contribution in [2.45, 2.75) is 0 Å². The number of hydrogen-bond donors (Lipinski definition) is 1. The Hall–Kier alpha value is -1.82. The van der Waals surface area contributed by atoms with Crippen LogP contribution in [0.2, 0.25) is 10.0 Å². The predicted octanol–water partition coefficient (Wildman–Crippen LogP) is 3.98. The van der Waals surface area contributed by atoms with Crippen molar-refractivity contribution in [3.05, 3.63) is 57.6 Å². The molecule has 0 aromatic heterocycles. The van der Waals surface area contributed by atoms with Crippen LogP contribution >= 0.6 is 23.2 Å². The molecule has 19 heavy (non-hydrogen) atoms. The molecule has 96 valence electrons. The van der Waals surface area contributed by atoms with E-state index in [2.05, 4.69) is 11.8 Å². The molecule has 0 radical (unpaired) electrons. The molecule has 0 heterocycles. The van der Waals surface area contributed by atoms with Crippen LogP contribution < -0.4 is 10.5 Å². The summed E-state index contributed by atoms with van der Waals surface area (Å²) in [6, 6.07) is 10.7. The van der Waals surface area contributed by atoms with Gasteiger partial charge in [-0.25, -0.2) is 0 Å². The number of methoxy groups -OCH3 is 1. The topological polar surface area (TPSA) is 35.2 Å². The van der Waals surface area contributed by atoms with Crippen molar-refractivity contribution in [1.29, 1.82) is 0 Å². The Morgan fingerprint density at radius 2 is 1.74 bits per heavy atom. The summed E-state index contributed by atoms with van der Waals surface area (Å²) in [5.41, 5.74) is 7.76. The largest absolute Gasteiger partial charge is 0.497 e. The van der Waals surface area contributed by atoms with Crippen LogP contribution in [0.4, 0.5) is 5.69 Å². The van der Waals surface area contributed by atoms with Crippen molar-refractivity contribution in [1.82, 2.24) is 0 Å². The molecule has 0 aliphatic rings. The third-order valence-corrected chi connectivity index (χ3v) is 3.06. The van der Waals surface area contributed by atoms with Gasteiger partial charge in [-0.15, -0.1) is 0 Å². The third kappa shape index (κ3) is 3.35. The summed E-state index contributed by atoms with van der Waals surface area (Å²) in [4.78, 5) is 0. The first-order valence-corrected chi connectivity index (χ1v) is 6.26. The molecule has 2 aromatic rings. The SMILES string of the molecule is COc1ccc(C#Cc2cc(Cl)cc(Cl)c2N)cc1. The molecule has 0 amide bonds. The first-order valence-electron chi connectivity index (χ1n) is 5.51. The van der Waals surface area contributed by atoms with Gasteiger partial charge < -0.3 is 10.5 Å². The molecule has 0 aliphatic carbocycles. The lowest BCUT2D eigenvalue weighted by Gasteiger charge is -2.02. The van der Waals surface area contributed by atoms with Crippen LogP contribution in [0.1, 0.15) is 11.1 Å². The zero-order valence-corrected chi connectivity index (χ0v) is 11.7. The summed E-state index contributed by atoms with van der Waals surface area (Å²) < 4.78 is 5.08. The highest BCUT2D eigenvalue weighted by molar-refractivity contribution is 6.36. The minimum absolute atomic E-state index is 0.409. The van der Waals surface area contributed by atoms with Crippen LogP contribution in [0.25, 0.3) is 0 Å². The Kier molecular flexibility index (Phi) is 4.21. The number of anilines is 1. The van der Waals surface area contributed by atoms with Gasteiger partial charge in [0, 0.05) is 10.6 Å². The number of rotatable bonds is 1. The number of ether oxygens (including phenoxy) is 1. The van der Waals surface area contributed by atoms with E-state index in [-0.39, 0.29) is 0 Å². The number of benzene rings is 2. The fraction of sp³-hybridized carbons (Fsp3) is 0.0667. The zero-order valence-electron chi connectivity index (χ0n) is 10.2. The molecule has 0 aliphatic heterocycles. The molecule has 2 aromatic carbocycles. The van der Waals surface area contributed by atoms with Crippen LogP contribution in [0.3, 0.4) is 0 Å². The van der Waals surface area contributed by atoms with E-state index in [1.807, 2.05) is 24.3 Å². The van der Waals surface area contributed by atoms with Gasteiger partial charge in [0.2, 0.25) is 0 Å². The van der Waals surface area contributed by atoms with Crippen LogP contribution in [0, 0.1) is 11.8 Å². The van der Waals surface area contributed by atoms with Crippen molar-refractivity contribution in [3.8, 4) is 17.6 Å². The maximum atomic E-state index is 5.95. The van der Waals surface area contributed by atoms with E-state index >= 15 is 0 Å². The lowest BCUT2D eigenvalue weighted by molar-refractivity contribution is 0.415. The monoisotopic (exact) mass is 291 g/mol.